The van der Waals surface area contributed by atoms with E-state index in [2.05, 4.69) is 10.3 Å². The zero-order valence-electron chi connectivity index (χ0n) is 13.3. The first-order valence-corrected chi connectivity index (χ1v) is 7.36. The molecule has 0 saturated heterocycles. The minimum Gasteiger partial charge on any atom is -0.416 e. The second-order valence-corrected chi connectivity index (χ2v) is 5.39. The number of nitro benzene ring substituents is 1. The van der Waals surface area contributed by atoms with Crippen LogP contribution in [0.1, 0.15) is 26.3 Å². The zero-order valence-corrected chi connectivity index (χ0v) is 13.3. The van der Waals surface area contributed by atoms with Crippen molar-refractivity contribution in [3.63, 3.8) is 0 Å². The van der Waals surface area contributed by atoms with Crippen LogP contribution in [0.25, 0.3) is 0 Å². The summed E-state index contributed by atoms with van der Waals surface area (Å²) >= 11 is 0. The predicted octanol–water partition coefficient (Wildman–Crippen LogP) is 0.962. The molecule has 0 bridgehead atoms. The summed E-state index contributed by atoms with van der Waals surface area (Å²) in [5.74, 6) is -1.56. The molecule has 10 heteroatoms. The highest BCUT2D eigenvalue weighted by atomic mass is 16.6. The first kappa shape index (κ1) is 16.9. The number of nitro groups is 1. The molecule has 1 aliphatic heterocycles. The van der Waals surface area contributed by atoms with E-state index in [1.807, 2.05) is 0 Å². The molecule has 26 heavy (non-hydrogen) atoms. The Hall–Kier alpha value is -3.95. The van der Waals surface area contributed by atoms with E-state index in [1.54, 1.807) is 0 Å². The fourth-order valence-corrected chi connectivity index (χ4v) is 2.44. The Morgan fingerprint density at radius 3 is 2.54 bits per heavy atom. The van der Waals surface area contributed by atoms with Crippen LogP contribution in [0, 0.1) is 10.1 Å². The predicted molar refractivity (Wildman–Crippen MR) is 91.1 cm³/mol. The van der Waals surface area contributed by atoms with Gasteiger partial charge in [-0.15, -0.1) is 0 Å². The summed E-state index contributed by atoms with van der Waals surface area (Å²) in [7, 11) is 0. The lowest BCUT2D eigenvalue weighted by molar-refractivity contribution is -0.385. The molecule has 132 valence electrons. The molecule has 1 amide bonds. The molecule has 5 N–H and O–H groups in total. The van der Waals surface area contributed by atoms with Gasteiger partial charge in [0.05, 0.1) is 21.7 Å². The van der Waals surface area contributed by atoms with Gasteiger partial charge < -0.3 is 21.5 Å². The number of nitrogens with one attached hydrogen (secondary N) is 1. The summed E-state index contributed by atoms with van der Waals surface area (Å²) in [6.45, 7) is 0.212. The number of aliphatic imine (C=N–C) groups is 1. The molecule has 10 nitrogen and oxygen atoms in total. The van der Waals surface area contributed by atoms with Crippen molar-refractivity contribution in [3.8, 4) is 5.75 Å². The first-order valence-electron chi connectivity index (χ1n) is 7.36. The summed E-state index contributed by atoms with van der Waals surface area (Å²) in [5, 5.41) is 13.8. The van der Waals surface area contributed by atoms with Crippen molar-refractivity contribution in [1.29, 1.82) is 0 Å². The van der Waals surface area contributed by atoms with Crippen molar-refractivity contribution < 1.29 is 19.2 Å². The van der Waals surface area contributed by atoms with Gasteiger partial charge in [0.2, 0.25) is 5.75 Å². The lowest BCUT2D eigenvalue weighted by atomic mass is 10.1. The van der Waals surface area contributed by atoms with Gasteiger partial charge in [0, 0.05) is 12.6 Å². The topological polar surface area (TPSA) is 163 Å². The molecule has 0 saturated carbocycles. The smallest absolute Gasteiger partial charge is 0.343 e. The van der Waals surface area contributed by atoms with Crippen LogP contribution in [0.2, 0.25) is 0 Å². The van der Waals surface area contributed by atoms with E-state index in [-0.39, 0.29) is 29.4 Å². The van der Waals surface area contributed by atoms with Crippen LogP contribution in [0.15, 0.2) is 41.4 Å². The van der Waals surface area contributed by atoms with Gasteiger partial charge >= 0.3 is 11.7 Å². The monoisotopic (exact) mass is 355 g/mol. The molecular weight excluding hydrogens is 342 g/mol. The van der Waals surface area contributed by atoms with Crippen molar-refractivity contribution >= 4 is 29.2 Å². The van der Waals surface area contributed by atoms with Crippen LogP contribution < -0.4 is 21.5 Å². The van der Waals surface area contributed by atoms with Gasteiger partial charge in [0.25, 0.3) is 5.91 Å². The third-order valence-electron chi connectivity index (χ3n) is 3.63. The average Bonchev–Trinajstić information content (AvgIpc) is 2.94. The van der Waals surface area contributed by atoms with Crippen molar-refractivity contribution in [2.75, 3.05) is 0 Å². The molecule has 0 aromatic heterocycles. The molecule has 3 rings (SSSR count). The average molecular weight is 355 g/mol. The number of ether oxygens (including phenoxy) is 1. The second-order valence-electron chi connectivity index (χ2n) is 5.39. The third kappa shape index (κ3) is 3.29. The third-order valence-corrected chi connectivity index (χ3v) is 3.63. The van der Waals surface area contributed by atoms with Gasteiger partial charge in [0.1, 0.15) is 0 Å². The quantitative estimate of drug-likeness (QED) is 0.184. The van der Waals surface area contributed by atoms with E-state index in [0.717, 1.165) is 6.07 Å². The number of carbonyl (C=O) groups is 2. The molecule has 0 fully saturated rings. The Kier molecular flexibility index (Phi) is 4.23. The Bertz CT molecular complexity index is 948. The fourth-order valence-electron chi connectivity index (χ4n) is 2.44. The van der Waals surface area contributed by atoms with E-state index in [4.69, 9.17) is 16.2 Å². The first-order chi connectivity index (χ1) is 12.3. The van der Waals surface area contributed by atoms with Crippen LogP contribution in [0.5, 0.6) is 5.75 Å². The van der Waals surface area contributed by atoms with Gasteiger partial charge in [-0.1, -0.05) is 0 Å². The number of nitrogens with two attached hydrogens (primary N) is 2. The number of fused-ring (bicyclic) bond motifs is 1. The number of esters is 1. The maximum atomic E-state index is 12.3. The maximum absolute atomic E-state index is 12.3. The van der Waals surface area contributed by atoms with Crippen LogP contribution in [0.3, 0.4) is 0 Å². The molecule has 0 atom stereocenters. The Balaban J connectivity index is 1.88. The number of guanidine groups is 1. The highest BCUT2D eigenvalue weighted by Gasteiger charge is 2.28. The number of nitrogens with zero attached hydrogens (tertiary/aromatic N) is 2. The summed E-state index contributed by atoms with van der Waals surface area (Å²) in [6.07, 6.45) is 0. The van der Waals surface area contributed by atoms with Gasteiger partial charge in [-0.3, -0.25) is 14.9 Å². The number of hydrogen-bond donors (Lipinski definition) is 3. The van der Waals surface area contributed by atoms with Crippen LogP contribution in [-0.2, 0) is 6.54 Å². The number of benzene rings is 2. The molecule has 1 heterocycles. The maximum Gasteiger partial charge on any atom is 0.343 e. The van der Waals surface area contributed by atoms with Gasteiger partial charge in [-0.25, -0.2) is 9.79 Å². The SMILES string of the molecule is NC(N)=Nc1ccc(C(=O)Oc2cc3c(cc2[N+](=O)[O-])C(=O)NC3)cc1. The molecule has 0 radical (unpaired) electrons. The van der Waals surface area contributed by atoms with Crippen molar-refractivity contribution in [1.82, 2.24) is 5.32 Å². The lowest BCUT2D eigenvalue weighted by Crippen LogP contribution is -2.21. The second kappa shape index (κ2) is 6.51. The fraction of sp³-hybridized carbons (Fsp3) is 0.0625. The highest BCUT2D eigenvalue weighted by Crippen LogP contribution is 2.33. The minimum atomic E-state index is -0.790. The normalized spacial score (nSPS) is 12.1. The van der Waals surface area contributed by atoms with Crippen molar-refractivity contribution in [2.45, 2.75) is 6.54 Å². The molecule has 0 unspecified atom stereocenters. The van der Waals surface area contributed by atoms with E-state index in [9.17, 15) is 19.7 Å². The Morgan fingerprint density at radius 1 is 1.23 bits per heavy atom. The summed E-state index contributed by atoms with van der Waals surface area (Å²) in [6, 6.07) is 8.26. The van der Waals surface area contributed by atoms with E-state index in [0.29, 0.717) is 11.3 Å². The Labute approximate surface area is 146 Å². The van der Waals surface area contributed by atoms with Crippen molar-refractivity contribution in [2.24, 2.45) is 16.5 Å². The number of amides is 1. The van der Waals surface area contributed by atoms with E-state index in [1.165, 1.54) is 30.3 Å². The lowest BCUT2D eigenvalue weighted by Gasteiger charge is -2.07. The van der Waals surface area contributed by atoms with Gasteiger partial charge in [0.15, 0.2) is 5.96 Å². The van der Waals surface area contributed by atoms with Crippen molar-refractivity contribution in [3.05, 3.63) is 63.2 Å². The summed E-state index contributed by atoms with van der Waals surface area (Å²) in [5.41, 5.74) is 11.4. The Morgan fingerprint density at radius 2 is 1.92 bits per heavy atom. The number of hydrogen-bond acceptors (Lipinski definition) is 6. The minimum absolute atomic E-state index is 0.128. The molecule has 2 aromatic rings. The van der Waals surface area contributed by atoms with E-state index < -0.39 is 22.5 Å². The van der Waals surface area contributed by atoms with E-state index >= 15 is 0 Å². The molecule has 2 aromatic carbocycles. The zero-order chi connectivity index (χ0) is 18.8. The summed E-state index contributed by atoms with van der Waals surface area (Å²) in [4.78, 5) is 38.3. The van der Waals surface area contributed by atoms with Gasteiger partial charge in [-0.05, 0) is 35.9 Å². The van der Waals surface area contributed by atoms with Crippen LogP contribution in [0.4, 0.5) is 11.4 Å². The molecule has 0 spiro atoms. The van der Waals surface area contributed by atoms with Gasteiger partial charge in [-0.2, -0.15) is 0 Å². The molecule has 0 aliphatic carbocycles. The largest absolute Gasteiger partial charge is 0.416 e. The number of rotatable bonds is 4. The standard InChI is InChI=1S/C16H13N5O5/c17-16(18)20-10-3-1-8(2-4-10)15(23)26-13-5-9-7-19-14(22)11(9)6-12(13)21(24)25/h1-6H,7H2,(H,19,22)(H4,17,18,20). The molecule has 1 aliphatic rings. The summed E-state index contributed by atoms with van der Waals surface area (Å²) < 4.78 is 5.17. The molecular formula is C16H13N5O5. The van der Waals surface area contributed by atoms with Crippen LogP contribution >= 0.6 is 0 Å². The van der Waals surface area contributed by atoms with Crippen LogP contribution in [-0.4, -0.2) is 22.8 Å². The highest BCUT2D eigenvalue weighted by molar-refractivity contribution is 6.00. The number of carbonyl (C=O) groups excluding carboxylic acids is 2.